The van der Waals surface area contributed by atoms with E-state index in [1.807, 2.05) is 6.08 Å². The van der Waals surface area contributed by atoms with Crippen LogP contribution in [0.2, 0.25) is 0 Å². The molecule has 0 amide bonds. The summed E-state index contributed by atoms with van der Waals surface area (Å²) in [6.07, 6.45) is 22.0. The van der Waals surface area contributed by atoms with Crippen LogP contribution in [-0.2, 0) is 0 Å². The Bertz CT molecular complexity index is 186. The van der Waals surface area contributed by atoms with E-state index < -0.39 is 0 Å². The van der Waals surface area contributed by atoms with E-state index in [4.69, 9.17) is 6.58 Å². The fourth-order valence-corrected chi connectivity index (χ4v) is 1.63. The van der Waals surface area contributed by atoms with Crippen LogP contribution in [0, 0.1) is 6.58 Å². The van der Waals surface area contributed by atoms with E-state index in [0.717, 1.165) is 0 Å². The summed E-state index contributed by atoms with van der Waals surface area (Å²) in [7, 11) is 0. The first-order valence-electron chi connectivity index (χ1n) is 6.77. The largest absolute Gasteiger partial charge is 0.0885 e. The Morgan fingerprint density at radius 3 is 1.94 bits per heavy atom. The van der Waals surface area contributed by atoms with E-state index in [-0.39, 0.29) is 0 Å². The van der Waals surface area contributed by atoms with E-state index in [9.17, 15) is 0 Å². The number of rotatable bonds is 11. The fourth-order valence-electron chi connectivity index (χ4n) is 1.63. The molecule has 0 fully saturated rings. The lowest BCUT2D eigenvalue weighted by atomic mass is 10.1. The van der Waals surface area contributed by atoms with Gasteiger partial charge in [-0.25, -0.2) is 0 Å². The molecule has 0 aliphatic heterocycles. The highest BCUT2D eigenvalue weighted by atomic mass is 13.9. The highest BCUT2D eigenvalue weighted by molar-refractivity contribution is 4.95. The second-order valence-corrected chi connectivity index (χ2v) is 4.23. The van der Waals surface area contributed by atoms with Gasteiger partial charge in [-0.1, -0.05) is 69.6 Å². The molecule has 0 N–H and O–H groups in total. The lowest BCUT2D eigenvalue weighted by Crippen LogP contribution is -1.78. The molecule has 0 saturated carbocycles. The summed E-state index contributed by atoms with van der Waals surface area (Å²) >= 11 is 0. The normalized spacial score (nSPS) is 11.6. The standard InChI is InChI=1S/C16H27/c1-3-5-7-9-11-13-15-16-14-12-10-8-6-4-2/h1,3,5,7-8,10H,4,6,9,11-16H2,2H3. The maximum Gasteiger partial charge on any atom is -0.0348 e. The average Bonchev–Trinajstić information content (AvgIpc) is 2.31. The van der Waals surface area contributed by atoms with E-state index in [1.54, 1.807) is 6.08 Å². The number of hydrogen-bond donors (Lipinski definition) is 0. The smallest absolute Gasteiger partial charge is 0.0348 e. The highest BCUT2D eigenvalue weighted by Gasteiger charge is 1.88. The Balaban J connectivity index is 3.04. The summed E-state index contributed by atoms with van der Waals surface area (Å²) in [6.45, 7) is 7.46. The molecule has 0 aromatic carbocycles. The summed E-state index contributed by atoms with van der Waals surface area (Å²) in [4.78, 5) is 0. The van der Waals surface area contributed by atoms with Gasteiger partial charge in [-0.3, -0.25) is 0 Å². The van der Waals surface area contributed by atoms with Crippen molar-refractivity contribution in [1.29, 1.82) is 0 Å². The van der Waals surface area contributed by atoms with Crippen molar-refractivity contribution in [1.82, 2.24) is 0 Å². The zero-order valence-electron chi connectivity index (χ0n) is 10.8. The number of hydrogen-bond acceptors (Lipinski definition) is 0. The quantitative estimate of drug-likeness (QED) is 0.240. The molecule has 91 valence electrons. The summed E-state index contributed by atoms with van der Waals surface area (Å²) in [5.74, 6) is 0. The molecule has 0 saturated heterocycles. The molecule has 0 spiro atoms. The van der Waals surface area contributed by atoms with Crippen molar-refractivity contribution in [3.05, 3.63) is 37.0 Å². The molecule has 0 bridgehead atoms. The van der Waals surface area contributed by atoms with E-state index in [2.05, 4.69) is 25.2 Å². The van der Waals surface area contributed by atoms with Gasteiger partial charge < -0.3 is 0 Å². The SMILES string of the molecule is [CH]=CC=CCCCCCCCC=CCCC. The molecule has 0 nitrogen and oxygen atoms in total. The van der Waals surface area contributed by atoms with Crippen LogP contribution in [0.1, 0.15) is 64.7 Å². The summed E-state index contributed by atoms with van der Waals surface area (Å²) in [5, 5.41) is 0. The van der Waals surface area contributed by atoms with Crippen molar-refractivity contribution >= 4 is 0 Å². The second-order valence-electron chi connectivity index (χ2n) is 4.23. The van der Waals surface area contributed by atoms with Gasteiger partial charge in [0, 0.05) is 0 Å². The van der Waals surface area contributed by atoms with Crippen molar-refractivity contribution in [3.63, 3.8) is 0 Å². The van der Waals surface area contributed by atoms with Crippen molar-refractivity contribution in [2.24, 2.45) is 0 Å². The minimum absolute atomic E-state index is 1.17. The predicted octanol–water partition coefficient (Wildman–Crippen LogP) is 5.62. The molecule has 0 heteroatoms. The van der Waals surface area contributed by atoms with Crippen LogP contribution in [0.15, 0.2) is 30.4 Å². The third kappa shape index (κ3) is 13.2. The Morgan fingerprint density at radius 1 is 0.750 bits per heavy atom. The van der Waals surface area contributed by atoms with Crippen LogP contribution >= 0.6 is 0 Å². The third-order valence-corrected chi connectivity index (χ3v) is 2.61. The molecular formula is C16H27. The van der Waals surface area contributed by atoms with Gasteiger partial charge in [-0.05, 0) is 32.1 Å². The van der Waals surface area contributed by atoms with Crippen LogP contribution in [-0.4, -0.2) is 0 Å². The van der Waals surface area contributed by atoms with Gasteiger partial charge >= 0.3 is 0 Å². The van der Waals surface area contributed by atoms with Crippen molar-refractivity contribution < 1.29 is 0 Å². The van der Waals surface area contributed by atoms with Gasteiger partial charge in [0.05, 0.1) is 0 Å². The first-order valence-corrected chi connectivity index (χ1v) is 6.77. The van der Waals surface area contributed by atoms with Crippen LogP contribution < -0.4 is 0 Å². The fraction of sp³-hybridized carbons (Fsp3) is 0.625. The molecule has 0 heterocycles. The van der Waals surface area contributed by atoms with Crippen molar-refractivity contribution in [2.75, 3.05) is 0 Å². The van der Waals surface area contributed by atoms with Crippen LogP contribution in [0.4, 0.5) is 0 Å². The number of allylic oxidation sites excluding steroid dienone is 5. The highest BCUT2D eigenvalue weighted by Crippen LogP contribution is 2.08. The Hall–Kier alpha value is -0.780. The van der Waals surface area contributed by atoms with Gasteiger partial charge in [-0.2, -0.15) is 0 Å². The number of unbranched alkanes of at least 4 members (excludes halogenated alkanes) is 7. The summed E-state index contributed by atoms with van der Waals surface area (Å²) in [6, 6.07) is 0. The molecule has 0 unspecified atom stereocenters. The predicted molar refractivity (Wildman–Crippen MR) is 74.4 cm³/mol. The molecule has 16 heavy (non-hydrogen) atoms. The second kappa shape index (κ2) is 14.2. The van der Waals surface area contributed by atoms with Gasteiger partial charge in [0.2, 0.25) is 0 Å². The summed E-state index contributed by atoms with van der Waals surface area (Å²) in [5.41, 5.74) is 0. The van der Waals surface area contributed by atoms with Crippen LogP contribution in [0.5, 0.6) is 0 Å². The third-order valence-electron chi connectivity index (χ3n) is 2.61. The molecule has 0 atom stereocenters. The molecule has 0 aliphatic rings. The first-order chi connectivity index (χ1) is 7.91. The van der Waals surface area contributed by atoms with Crippen LogP contribution in [0.25, 0.3) is 0 Å². The lowest BCUT2D eigenvalue weighted by molar-refractivity contribution is 0.621. The topological polar surface area (TPSA) is 0 Å². The molecule has 0 aromatic rings. The van der Waals surface area contributed by atoms with E-state index in [0.29, 0.717) is 0 Å². The molecule has 0 aliphatic carbocycles. The van der Waals surface area contributed by atoms with Gasteiger partial charge in [-0.15, -0.1) is 0 Å². The maximum atomic E-state index is 5.24. The monoisotopic (exact) mass is 219 g/mol. The molecular weight excluding hydrogens is 192 g/mol. The molecule has 1 radical (unpaired) electrons. The zero-order chi connectivity index (χ0) is 11.9. The molecule has 0 rings (SSSR count). The Labute approximate surface area is 102 Å². The van der Waals surface area contributed by atoms with Crippen LogP contribution in [0.3, 0.4) is 0 Å². The average molecular weight is 219 g/mol. The Kier molecular flexibility index (Phi) is 13.5. The lowest BCUT2D eigenvalue weighted by Gasteiger charge is -1.98. The van der Waals surface area contributed by atoms with Gasteiger partial charge in [0.25, 0.3) is 0 Å². The minimum atomic E-state index is 1.17. The zero-order valence-corrected chi connectivity index (χ0v) is 10.8. The molecule has 0 aromatic heterocycles. The first kappa shape index (κ1) is 15.2. The van der Waals surface area contributed by atoms with Crippen molar-refractivity contribution in [2.45, 2.75) is 64.7 Å². The van der Waals surface area contributed by atoms with E-state index >= 15 is 0 Å². The maximum absolute atomic E-state index is 5.24. The summed E-state index contributed by atoms with van der Waals surface area (Å²) < 4.78 is 0. The van der Waals surface area contributed by atoms with Crippen molar-refractivity contribution in [3.8, 4) is 0 Å². The Morgan fingerprint density at radius 2 is 1.31 bits per heavy atom. The minimum Gasteiger partial charge on any atom is -0.0885 e. The van der Waals surface area contributed by atoms with E-state index in [1.165, 1.54) is 57.8 Å². The van der Waals surface area contributed by atoms with Gasteiger partial charge in [0.15, 0.2) is 0 Å². The van der Waals surface area contributed by atoms with Gasteiger partial charge in [0.1, 0.15) is 0 Å².